The SMILES string of the molecule is Cc1ccc(CNC(=O)c2ccc(Cl)c(Br)c2)o1. The van der Waals surface area contributed by atoms with Crippen molar-refractivity contribution in [2.24, 2.45) is 0 Å². The Balaban J connectivity index is 2.01. The lowest BCUT2D eigenvalue weighted by Gasteiger charge is -2.04. The van der Waals surface area contributed by atoms with Crippen LogP contribution in [0.5, 0.6) is 0 Å². The van der Waals surface area contributed by atoms with Crippen LogP contribution < -0.4 is 5.32 Å². The van der Waals surface area contributed by atoms with Crippen molar-refractivity contribution in [2.45, 2.75) is 13.5 Å². The number of aryl methyl sites for hydroxylation is 1. The molecule has 0 saturated heterocycles. The monoisotopic (exact) mass is 327 g/mol. The van der Waals surface area contributed by atoms with Gasteiger partial charge in [0.25, 0.3) is 5.91 Å². The van der Waals surface area contributed by atoms with Crippen molar-refractivity contribution < 1.29 is 9.21 Å². The third-order valence-corrected chi connectivity index (χ3v) is 3.61. The predicted octanol–water partition coefficient (Wildman–Crippen LogP) is 3.93. The van der Waals surface area contributed by atoms with Gasteiger partial charge in [0.15, 0.2) is 0 Å². The van der Waals surface area contributed by atoms with Crippen molar-refractivity contribution >= 4 is 33.4 Å². The number of amides is 1. The average Bonchev–Trinajstić information content (AvgIpc) is 2.75. The molecular formula is C13H11BrClNO2. The van der Waals surface area contributed by atoms with Crippen LogP contribution in [-0.4, -0.2) is 5.91 Å². The fourth-order valence-corrected chi connectivity index (χ4v) is 1.98. The molecule has 1 aromatic carbocycles. The van der Waals surface area contributed by atoms with Gasteiger partial charge in [0.1, 0.15) is 11.5 Å². The van der Waals surface area contributed by atoms with Gasteiger partial charge in [-0.25, -0.2) is 0 Å². The molecule has 1 N–H and O–H groups in total. The molecule has 0 fully saturated rings. The van der Waals surface area contributed by atoms with E-state index in [1.54, 1.807) is 18.2 Å². The Bertz CT molecular complexity index is 580. The van der Waals surface area contributed by atoms with Gasteiger partial charge in [0.2, 0.25) is 0 Å². The lowest BCUT2D eigenvalue weighted by atomic mass is 10.2. The van der Waals surface area contributed by atoms with Crippen LogP contribution in [0.3, 0.4) is 0 Å². The van der Waals surface area contributed by atoms with Gasteiger partial charge < -0.3 is 9.73 Å². The first-order chi connectivity index (χ1) is 8.56. The summed E-state index contributed by atoms with van der Waals surface area (Å²) >= 11 is 9.15. The second-order valence-electron chi connectivity index (χ2n) is 3.82. The van der Waals surface area contributed by atoms with Gasteiger partial charge >= 0.3 is 0 Å². The molecule has 1 heterocycles. The maximum atomic E-state index is 11.9. The van der Waals surface area contributed by atoms with Gasteiger partial charge in [-0.1, -0.05) is 11.6 Å². The molecule has 0 aliphatic heterocycles. The second-order valence-corrected chi connectivity index (χ2v) is 5.09. The number of halogens is 2. The number of carbonyl (C=O) groups is 1. The Kier molecular flexibility index (Phi) is 4.09. The van der Waals surface area contributed by atoms with Crippen LogP contribution in [0.15, 0.2) is 39.2 Å². The largest absolute Gasteiger partial charge is 0.465 e. The van der Waals surface area contributed by atoms with Gasteiger partial charge in [0, 0.05) is 10.0 Å². The van der Waals surface area contributed by atoms with Crippen molar-refractivity contribution in [3.8, 4) is 0 Å². The summed E-state index contributed by atoms with van der Waals surface area (Å²) in [5, 5.41) is 3.36. The second kappa shape index (κ2) is 5.59. The van der Waals surface area contributed by atoms with E-state index < -0.39 is 0 Å². The molecule has 0 saturated carbocycles. The lowest BCUT2D eigenvalue weighted by molar-refractivity contribution is 0.0948. The van der Waals surface area contributed by atoms with Crippen LogP contribution in [0.1, 0.15) is 21.9 Å². The van der Waals surface area contributed by atoms with Crippen molar-refractivity contribution in [3.63, 3.8) is 0 Å². The topological polar surface area (TPSA) is 42.2 Å². The van der Waals surface area contributed by atoms with Crippen LogP contribution in [0, 0.1) is 6.92 Å². The van der Waals surface area contributed by atoms with Crippen molar-refractivity contribution in [1.82, 2.24) is 5.32 Å². The molecule has 2 aromatic rings. The van der Waals surface area contributed by atoms with E-state index in [1.165, 1.54) is 0 Å². The van der Waals surface area contributed by atoms with Crippen LogP contribution in [0.2, 0.25) is 5.02 Å². The number of furan rings is 1. The maximum Gasteiger partial charge on any atom is 0.251 e. The number of rotatable bonds is 3. The van der Waals surface area contributed by atoms with Crippen LogP contribution >= 0.6 is 27.5 Å². The van der Waals surface area contributed by atoms with Gasteiger partial charge in [-0.2, -0.15) is 0 Å². The molecule has 3 nitrogen and oxygen atoms in total. The van der Waals surface area contributed by atoms with E-state index in [0.29, 0.717) is 21.6 Å². The summed E-state index contributed by atoms with van der Waals surface area (Å²) in [6.45, 7) is 2.23. The summed E-state index contributed by atoms with van der Waals surface area (Å²) in [7, 11) is 0. The van der Waals surface area contributed by atoms with E-state index in [-0.39, 0.29) is 5.91 Å². The third-order valence-electron chi connectivity index (χ3n) is 2.40. The highest BCUT2D eigenvalue weighted by Crippen LogP contribution is 2.23. The third kappa shape index (κ3) is 3.15. The van der Waals surface area contributed by atoms with Crippen molar-refractivity contribution in [3.05, 3.63) is 56.9 Å². The quantitative estimate of drug-likeness (QED) is 0.927. The first-order valence-electron chi connectivity index (χ1n) is 5.35. The van der Waals surface area contributed by atoms with Crippen LogP contribution in [-0.2, 0) is 6.54 Å². The summed E-state index contributed by atoms with van der Waals surface area (Å²) in [5.74, 6) is 1.39. The van der Waals surface area contributed by atoms with Crippen molar-refractivity contribution in [1.29, 1.82) is 0 Å². The molecule has 0 spiro atoms. The minimum Gasteiger partial charge on any atom is -0.465 e. The van der Waals surface area contributed by atoms with Gasteiger partial charge in [0.05, 0.1) is 11.6 Å². The first kappa shape index (κ1) is 13.2. The van der Waals surface area contributed by atoms with Crippen LogP contribution in [0.25, 0.3) is 0 Å². The Morgan fingerprint density at radius 3 is 2.78 bits per heavy atom. The zero-order chi connectivity index (χ0) is 13.1. The molecule has 0 atom stereocenters. The van der Waals surface area contributed by atoms with E-state index >= 15 is 0 Å². The Morgan fingerprint density at radius 1 is 1.39 bits per heavy atom. The van der Waals surface area contributed by atoms with E-state index in [2.05, 4.69) is 21.2 Å². The number of nitrogens with one attached hydrogen (secondary N) is 1. The molecule has 0 bridgehead atoms. The maximum absolute atomic E-state index is 11.9. The molecule has 1 aromatic heterocycles. The summed E-state index contributed by atoms with van der Waals surface area (Å²) in [4.78, 5) is 11.9. The minimum atomic E-state index is -0.165. The molecule has 5 heteroatoms. The van der Waals surface area contributed by atoms with Crippen molar-refractivity contribution in [2.75, 3.05) is 0 Å². The average molecular weight is 329 g/mol. The number of carbonyl (C=O) groups excluding carboxylic acids is 1. The Morgan fingerprint density at radius 2 is 2.17 bits per heavy atom. The summed E-state index contributed by atoms with van der Waals surface area (Å²) < 4.78 is 6.07. The molecule has 0 radical (unpaired) electrons. The lowest BCUT2D eigenvalue weighted by Crippen LogP contribution is -2.22. The van der Waals surface area contributed by atoms with Gasteiger partial charge in [-0.05, 0) is 53.2 Å². The highest BCUT2D eigenvalue weighted by atomic mass is 79.9. The minimum absolute atomic E-state index is 0.165. The zero-order valence-electron chi connectivity index (χ0n) is 9.67. The molecule has 94 valence electrons. The number of benzene rings is 1. The highest BCUT2D eigenvalue weighted by Gasteiger charge is 2.08. The normalized spacial score (nSPS) is 10.4. The smallest absolute Gasteiger partial charge is 0.251 e. The summed E-state index contributed by atoms with van der Waals surface area (Å²) in [5.41, 5.74) is 0.551. The fraction of sp³-hybridized carbons (Fsp3) is 0.154. The Hall–Kier alpha value is -1.26. The summed E-state index contributed by atoms with van der Waals surface area (Å²) in [6.07, 6.45) is 0. The molecule has 1 amide bonds. The molecule has 18 heavy (non-hydrogen) atoms. The first-order valence-corrected chi connectivity index (χ1v) is 6.52. The van der Waals surface area contributed by atoms with E-state index in [0.717, 1.165) is 11.5 Å². The van der Waals surface area contributed by atoms with E-state index in [9.17, 15) is 4.79 Å². The molecule has 2 rings (SSSR count). The molecule has 0 aliphatic carbocycles. The van der Waals surface area contributed by atoms with Gasteiger partial charge in [-0.15, -0.1) is 0 Å². The van der Waals surface area contributed by atoms with E-state index in [1.807, 2.05) is 19.1 Å². The van der Waals surface area contributed by atoms with E-state index in [4.69, 9.17) is 16.0 Å². The van der Waals surface area contributed by atoms with Crippen LogP contribution in [0.4, 0.5) is 0 Å². The molecular weight excluding hydrogens is 318 g/mol. The Labute approximate surface area is 118 Å². The number of hydrogen-bond donors (Lipinski definition) is 1. The predicted molar refractivity (Wildman–Crippen MR) is 73.8 cm³/mol. The molecule has 0 unspecified atom stereocenters. The molecule has 0 aliphatic rings. The highest BCUT2D eigenvalue weighted by molar-refractivity contribution is 9.10. The van der Waals surface area contributed by atoms with Gasteiger partial charge in [-0.3, -0.25) is 4.79 Å². The zero-order valence-corrected chi connectivity index (χ0v) is 12.0. The fourth-order valence-electron chi connectivity index (χ4n) is 1.49. The number of hydrogen-bond acceptors (Lipinski definition) is 2. The standard InChI is InChI=1S/C13H11BrClNO2/c1-8-2-4-10(18-8)7-16-13(17)9-3-5-12(15)11(14)6-9/h2-6H,7H2,1H3,(H,16,17). The summed E-state index contributed by atoms with van der Waals surface area (Å²) in [6, 6.07) is 8.74.